The van der Waals surface area contributed by atoms with Crippen LogP contribution in [-0.4, -0.2) is 13.1 Å². The Balaban J connectivity index is 3.03. The van der Waals surface area contributed by atoms with Gasteiger partial charge in [-0.3, -0.25) is 4.79 Å². The molecular formula is C10H9BrClFO2. The molecule has 0 aliphatic heterocycles. The van der Waals surface area contributed by atoms with Crippen LogP contribution in [0.2, 0.25) is 5.02 Å². The predicted molar refractivity (Wildman–Crippen MR) is 59.8 cm³/mol. The summed E-state index contributed by atoms with van der Waals surface area (Å²) in [5.74, 6) is -0.996. The van der Waals surface area contributed by atoms with Gasteiger partial charge in [-0.05, 0) is 17.7 Å². The molecule has 1 aromatic carbocycles. The Morgan fingerprint density at radius 2 is 2.27 bits per heavy atom. The lowest BCUT2D eigenvalue weighted by molar-refractivity contribution is -0.139. The molecule has 0 unspecified atom stereocenters. The zero-order valence-corrected chi connectivity index (χ0v) is 10.4. The molecule has 1 aromatic rings. The van der Waals surface area contributed by atoms with Crippen molar-refractivity contribution in [3.05, 3.63) is 34.1 Å². The van der Waals surface area contributed by atoms with E-state index >= 15 is 0 Å². The number of halogens is 3. The second kappa shape index (κ2) is 5.47. The number of ether oxygens (including phenoxy) is 1. The first-order chi connectivity index (χ1) is 7.08. The number of esters is 1. The van der Waals surface area contributed by atoms with Gasteiger partial charge in [-0.25, -0.2) is 4.39 Å². The zero-order chi connectivity index (χ0) is 11.4. The number of benzene rings is 1. The summed E-state index contributed by atoms with van der Waals surface area (Å²) in [5.41, 5.74) is 0.902. The van der Waals surface area contributed by atoms with E-state index in [1.807, 2.05) is 0 Å². The highest BCUT2D eigenvalue weighted by Crippen LogP contribution is 2.23. The standard InChI is InChI=1S/C10H9BrClFO2/c1-15-10(14)4-7-8(12)2-6(5-11)3-9(7)13/h2-3H,4-5H2,1H3. The van der Waals surface area contributed by atoms with Crippen LogP contribution in [0, 0.1) is 5.82 Å². The van der Waals surface area contributed by atoms with E-state index < -0.39 is 11.8 Å². The van der Waals surface area contributed by atoms with Gasteiger partial charge < -0.3 is 4.74 Å². The molecule has 1 rings (SSSR count). The van der Waals surface area contributed by atoms with Crippen LogP contribution in [0.3, 0.4) is 0 Å². The maximum Gasteiger partial charge on any atom is 0.310 e. The SMILES string of the molecule is COC(=O)Cc1c(F)cc(CBr)cc1Cl. The fraction of sp³-hybridized carbons (Fsp3) is 0.300. The monoisotopic (exact) mass is 294 g/mol. The molecule has 82 valence electrons. The van der Waals surface area contributed by atoms with Gasteiger partial charge in [0.2, 0.25) is 0 Å². The van der Waals surface area contributed by atoms with Crippen LogP contribution in [0.4, 0.5) is 4.39 Å². The van der Waals surface area contributed by atoms with E-state index in [-0.39, 0.29) is 17.0 Å². The maximum atomic E-state index is 13.5. The molecule has 0 fully saturated rings. The molecule has 0 bridgehead atoms. The minimum Gasteiger partial charge on any atom is -0.469 e. The molecule has 2 nitrogen and oxygen atoms in total. The number of alkyl halides is 1. The summed E-state index contributed by atoms with van der Waals surface area (Å²) in [6.45, 7) is 0. The molecule has 0 N–H and O–H groups in total. The van der Waals surface area contributed by atoms with E-state index in [2.05, 4.69) is 20.7 Å². The van der Waals surface area contributed by atoms with Crippen LogP contribution >= 0.6 is 27.5 Å². The Labute approximate surface area is 101 Å². The van der Waals surface area contributed by atoms with E-state index in [1.54, 1.807) is 6.07 Å². The molecule has 0 radical (unpaired) electrons. The third-order valence-corrected chi connectivity index (χ3v) is 2.89. The molecule has 0 spiro atoms. The highest BCUT2D eigenvalue weighted by Gasteiger charge is 2.13. The average molecular weight is 296 g/mol. The largest absolute Gasteiger partial charge is 0.469 e. The summed E-state index contributed by atoms with van der Waals surface area (Å²) in [4.78, 5) is 11.0. The van der Waals surface area contributed by atoms with Crippen molar-refractivity contribution in [2.24, 2.45) is 0 Å². The van der Waals surface area contributed by atoms with Crippen molar-refractivity contribution in [2.75, 3.05) is 7.11 Å². The summed E-state index contributed by atoms with van der Waals surface area (Å²) in [7, 11) is 1.25. The number of carbonyl (C=O) groups is 1. The molecule has 0 aliphatic carbocycles. The number of carbonyl (C=O) groups excluding carboxylic acids is 1. The lowest BCUT2D eigenvalue weighted by Gasteiger charge is -2.06. The molecule has 15 heavy (non-hydrogen) atoms. The van der Waals surface area contributed by atoms with Gasteiger partial charge in [-0.1, -0.05) is 27.5 Å². The number of hydrogen-bond acceptors (Lipinski definition) is 2. The first-order valence-corrected chi connectivity index (χ1v) is 5.68. The van der Waals surface area contributed by atoms with Crippen molar-refractivity contribution < 1.29 is 13.9 Å². The fourth-order valence-corrected chi connectivity index (χ4v) is 1.74. The van der Waals surface area contributed by atoms with E-state index in [1.165, 1.54) is 13.2 Å². The molecule has 0 amide bonds. The van der Waals surface area contributed by atoms with Crippen molar-refractivity contribution >= 4 is 33.5 Å². The summed E-state index contributed by atoms with van der Waals surface area (Å²) in [6.07, 6.45) is -0.149. The lowest BCUT2D eigenvalue weighted by atomic mass is 10.1. The molecule has 5 heteroatoms. The number of methoxy groups -OCH3 is 1. The van der Waals surface area contributed by atoms with Crippen molar-refractivity contribution in [3.63, 3.8) is 0 Å². The van der Waals surface area contributed by atoms with Crippen LogP contribution in [-0.2, 0) is 21.3 Å². The first-order valence-electron chi connectivity index (χ1n) is 4.18. The fourth-order valence-electron chi connectivity index (χ4n) is 1.12. The molecule has 0 saturated carbocycles. The quantitative estimate of drug-likeness (QED) is 0.633. The molecule has 0 heterocycles. The Morgan fingerprint density at radius 3 is 2.73 bits per heavy atom. The van der Waals surface area contributed by atoms with E-state index in [4.69, 9.17) is 11.6 Å². The van der Waals surface area contributed by atoms with E-state index in [0.29, 0.717) is 5.33 Å². The van der Waals surface area contributed by atoms with Crippen LogP contribution in [0.25, 0.3) is 0 Å². The third kappa shape index (κ3) is 3.18. The Hall–Kier alpha value is -0.610. The average Bonchev–Trinajstić information content (AvgIpc) is 2.22. The molecule has 0 aromatic heterocycles. The summed E-state index contributed by atoms with van der Waals surface area (Å²) >= 11 is 9.04. The van der Waals surface area contributed by atoms with Gasteiger partial charge in [-0.2, -0.15) is 0 Å². The van der Waals surface area contributed by atoms with Crippen LogP contribution < -0.4 is 0 Å². The van der Waals surface area contributed by atoms with Gasteiger partial charge in [0.15, 0.2) is 0 Å². The minimum atomic E-state index is -0.512. The second-order valence-electron chi connectivity index (χ2n) is 2.92. The second-order valence-corrected chi connectivity index (χ2v) is 3.89. The van der Waals surface area contributed by atoms with Crippen molar-refractivity contribution in [3.8, 4) is 0 Å². The van der Waals surface area contributed by atoms with Gasteiger partial charge in [0.25, 0.3) is 0 Å². The van der Waals surface area contributed by atoms with Crippen LogP contribution in [0.1, 0.15) is 11.1 Å². The molecule has 0 saturated heterocycles. The zero-order valence-electron chi connectivity index (χ0n) is 8.02. The molecule has 0 atom stereocenters. The van der Waals surface area contributed by atoms with Crippen LogP contribution in [0.5, 0.6) is 0 Å². The van der Waals surface area contributed by atoms with Gasteiger partial charge in [0.1, 0.15) is 5.82 Å². The Morgan fingerprint density at radius 1 is 1.60 bits per heavy atom. The van der Waals surface area contributed by atoms with Crippen molar-refractivity contribution in [2.45, 2.75) is 11.8 Å². The van der Waals surface area contributed by atoms with E-state index in [9.17, 15) is 9.18 Å². The van der Waals surface area contributed by atoms with Gasteiger partial charge >= 0.3 is 5.97 Å². The minimum absolute atomic E-state index is 0.149. The highest BCUT2D eigenvalue weighted by molar-refractivity contribution is 9.08. The molecular weight excluding hydrogens is 286 g/mol. The summed E-state index contributed by atoms with van der Waals surface area (Å²) < 4.78 is 17.9. The number of rotatable bonds is 3. The Kier molecular flexibility index (Phi) is 4.54. The predicted octanol–water partition coefficient (Wildman–Crippen LogP) is 3.09. The van der Waals surface area contributed by atoms with Gasteiger partial charge in [0, 0.05) is 15.9 Å². The number of hydrogen-bond donors (Lipinski definition) is 0. The van der Waals surface area contributed by atoms with Crippen molar-refractivity contribution in [1.82, 2.24) is 0 Å². The topological polar surface area (TPSA) is 26.3 Å². The van der Waals surface area contributed by atoms with Crippen molar-refractivity contribution in [1.29, 1.82) is 0 Å². The normalized spacial score (nSPS) is 10.1. The third-order valence-electron chi connectivity index (χ3n) is 1.90. The lowest BCUT2D eigenvalue weighted by Crippen LogP contribution is -2.07. The Bertz CT molecular complexity index is 359. The van der Waals surface area contributed by atoms with E-state index in [0.717, 1.165) is 5.56 Å². The van der Waals surface area contributed by atoms with Crippen LogP contribution in [0.15, 0.2) is 12.1 Å². The first kappa shape index (κ1) is 12.5. The van der Waals surface area contributed by atoms with Gasteiger partial charge in [0.05, 0.1) is 13.5 Å². The molecule has 0 aliphatic rings. The maximum absolute atomic E-state index is 13.5. The highest BCUT2D eigenvalue weighted by atomic mass is 79.9. The smallest absolute Gasteiger partial charge is 0.310 e. The van der Waals surface area contributed by atoms with Gasteiger partial charge in [-0.15, -0.1) is 0 Å². The summed E-state index contributed by atoms with van der Waals surface area (Å²) in [5, 5.41) is 0.761. The summed E-state index contributed by atoms with van der Waals surface area (Å²) in [6, 6.07) is 2.97.